The Morgan fingerprint density at radius 2 is 1.65 bits per heavy atom. The molecule has 0 saturated carbocycles. The van der Waals surface area contributed by atoms with E-state index >= 15 is 0 Å². The minimum atomic E-state index is -4.52. The Hall–Kier alpha value is -3.53. The number of amides is 1. The van der Waals surface area contributed by atoms with Gasteiger partial charge in [-0.3, -0.25) is 9.10 Å². The van der Waals surface area contributed by atoms with Crippen molar-refractivity contribution in [3.8, 4) is 5.75 Å². The summed E-state index contributed by atoms with van der Waals surface area (Å²) in [4.78, 5) is 12.2. The van der Waals surface area contributed by atoms with Crippen LogP contribution in [0.25, 0.3) is 0 Å². The standard InChI is InChI=1S/C24H23F3N2O4S/c1-3-29(34(31,32)22-13-7-17(2)8-14-22)20-9-11-21(12-10-20)33-16-23(30)28-19-6-4-5-18(15-19)24(25,26)27/h4-15H,3,16H2,1-2H3,(H,28,30). The fraction of sp³-hybridized carbons (Fsp3) is 0.208. The summed E-state index contributed by atoms with van der Waals surface area (Å²) in [5.41, 5.74) is 0.492. The monoisotopic (exact) mass is 492 g/mol. The Morgan fingerprint density at radius 1 is 1.00 bits per heavy atom. The fourth-order valence-corrected chi connectivity index (χ4v) is 4.63. The van der Waals surface area contributed by atoms with Crippen LogP contribution < -0.4 is 14.4 Å². The summed E-state index contributed by atoms with van der Waals surface area (Å²) in [6.07, 6.45) is -4.52. The molecule has 1 N–H and O–H groups in total. The topological polar surface area (TPSA) is 75.7 Å². The molecule has 0 aliphatic heterocycles. The van der Waals surface area contributed by atoms with E-state index in [0.29, 0.717) is 11.4 Å². The van der Waals surface area contributed by atoms with Crippen LogP contribution in [0.5, 0.6) is 5.75 Å². The van der Waals surface area contributed by atoms with Crippen molar-refractivity contribution in [2.45, 2.75) is 24.9 Å². The molecule has 0 aromatic heterocycles. The lowest BCUT2D eigenvalue weighted by Crippen LogP contribution is -2.30. The summed E-state index contributed by atoms with van der Waals surface area (Å²) in [7, 11) is -3.76. The molecule has 0 aliphatic carbocycles. The van der Waals surface area contributed by atoms with Gasteiger partial charge in [-0.05, 0) is 68.4 Å². The maximum atomic E-state index is 13.0. The van der Waals surface area contributed by atoms with Crippen molar-refractivity contribution in [2.75, 3.05) is 22.8 Å². The highest BCUT2D eigenvalue weighted by molar-refractivity contribution is 7.92. The average molecular weight is 493 g/mol. The summed E-state index contributed by atoms with van der Waals surface area (Å²) in [5, 5.41) is 2.35. The van der Waals surface area contributed by atoms with E-state index in [2.05, 4.69) is 5.32 Å². The second-order valence-electron chi connectivity index (χ2n) is 7.39. The molecule has 3 aromatic carbocycles. The number of sulfonamides is 1. The third kappa shape index (κ3) is 6.07. The number of carbonyl (C=O) groups is 1. The lowest BCUT2D eigenvalue weighted by Gasteiger charge is -2.23. The van der Waals surface area contributed by atoms with Gasteiger partial charge in [-0.1, -0.05) is 23.8 Å². The van der Waals surface area contributed by atoms with Gasteiger partial charge in [0.05, 0.1) is 16.1 Å². The molecule has 0 heterocycles. The number of ether oxygens (including phenoxy) is 1. The molecule has 1 amide bonds. The Bertz CT molecular complexity index is 1240. The van der Waals surface area contributed by atoms with E-state index in [1.54, 1.807) is 43.3 Å². The minimum Gasteiger partial charge on any atom is -0.484 e. The minimum absolute atomic E-state index is 0.00123. The maximum Gasteiger partial charge on any atom is 0.416 e. The predicted molar refractivity (Wildman–Crippen MR) is 123 cm³/mol. The quantitative estimate of drug-likeness (QED) is 0.466. The number of hydrogen-bond acceptors (Lipinski definition) is 4. The number of anilines is 2. The van der Waals surface area contributed by atoms with Gasteiger partial charge in [0.15, 0.2) is 6.61 Å². The van der Waals surface area contributed by atoms with Crippen LogP contribution >= 0.6 is 0 Å². The molecule has 3 aromatic rings. The molecular formula is C24H23F3N2O4S. The highest BCUT2D eigenvalue weighted by Gasteiger charge is 2.30. The van der Waals surface area contributed by atoms with E-state index in [0.717, 1.165) is 17.7 Å². The van der Waals surface area contributed by atoms with Gasteiger partial charge in [0.1, 0.15) is 5.75 Å². The van der Waals surface area contributed by atoms with Gasteiger partial charge in [-0.25, -0.2) is 8.42 Å². The zero-order chi connectivity index (χ0) is 24.9. The van der Waals surface area contributed by atoms with Crippen LogP contribution in [-0.4, -0.2) is 27.5 Å². The van der Waals surface area contributed by atoms with Crippen molar-refractivity contribution < 1.29 is 31.1 Å². The number of nitrogens with zero attached hydrogens (tertiary/aromatic N) is 1. The molecule has 0 unspecified atom stereocenters. The highest BCUT2D eigenvalue weighted by atomic mass is 32.2. The number of rotatable bonds is 8. The van der Waals surface area contributed by atoms with Gasteiger partial charge in [0.2, 0.25) is 0 Å². The molecule has 34 heavy (non-hydrogen) atoms. The fourth-order valence-electron chi connectivity index (χ4n) is 3.16. The van der Waals surface area contributed by atoms with E-state index in [1.165, 1.54) is 28.6 Å². The van der Waals surface area contributed by atoms with Crippen molar-refractivity contribution in [1.29, 1.82) is 0 Å². The maximum absolute atomic E-state index is 13.0. The summed E-state index contributed by atoms with van der Waals surface area (Å²) in [6, 6.07) is 17.0. The molecule has 0 saturated heterocycles. The molecule has 0 bridgehead atoms. The lowest BCUT2D eigenvalue weighted by molar-refractivity contribution is -0.137. The molecule has 0 aliphatic rings. The van der Waals surface area contributed by atoms with Crippen LogP contribution in [0.15, 0.2) is 77.7 Å². The number of hydrogen-bond donors (Lipinski definition) is 1. The number of benzene rings is 3. The largest absolute Gasteiger partial charge is 0.484 e. The van der Waals surface area contributed by atoms with E-state index in [1.807, 2.05) is 6.92 Å². The van der Waals surface area contributed by atoms with Crippen LogP contribution in [-0.2, 0) is 21.0 Å². The van der Waals surface area contributed by atoms with E-state index in [4.69, 9.17) is 4.74 Å². The first-order valence-corrected chi connectivity index (χ1v) is 11.7. The summed E-state index contributed by atoms with van der Waals surface area (Å²) in [5.74, 6) is -0.340. The van der Waals surface area contributed by atoms with Crippen LogP contribution in [0.1, 0.15) is 18.1 Å². The van der Waals surface area contributed by atoms with Gasteiger partial charge >= 0.3 is 6.18 Å². The van der Waals surface area contributed by atoms with E-state index in [-0.39, 0.29) is 17.1 Å². The number of carbonyl (C=O) groups excluding carboxylic acids is 1. The van der Waals surface area contributed by atoms with Crippen LogP contribution in [0.2, 0.25) is 0 Å². The number of alkyl halides is 3. The predicted octanol–water partition coefficient (Wildman–Crippen LogP) is 5.25. The van der Waals surface area contributed by atoms with Crippen LogP contribution in [0.3, 0.4) is 0 Å². The van der Waals surface area contributed by atoms with Gasteiger partial charge in [-0.15, -0.1) is 0 Å². The van der Waals surface area contributed by atoms with Crippen molar-refractivity contribution in [2.24, 2.45) is 0 Å². The van der Waals surface area contributed by atoms with Crippen molar-refractivity contribution in [1.82, 2.24) is 0 Å². The zero-order valence-electron chi connectivity index (χ0n) is 18.5. The Labute approximate surface area is 196 Å². The lowest BCUT2D eigenvalue weighted by atomic mass is 10.2. The van der Waals surface area contributed by atoms with Gasteiger partial charge < -0.3 is 10.1 Å². The third-order valence-corrected chi connectivity index (χ3v) is 6.78. The first-order chi connectivity index (χ1) is 16.0. The van der Waals surface area contributed by atoms with Crippen molar-refractivity contribution in [3.63, 3.8) is 0 Å². The molecule has 0 atom stereocenters. The molecule has 10 heteroatoms. The van der Waals surface area contributed by atoms with E-state index < -0.39 is 34.3 Å². The summed E-state index contributed by atoms with van der Waals surface area (Å²) in [6.45, 7) is 3.35. The van der Waals surface area contributed by atoms with Crippen LogP contribution in [0.4, 0.5) is 24.5 Å². The smallest absolute Gasteiger partial charge is 0.416 e. The second-order valence-corrected chi connectivity index (χ2v) is 9.25. The normalized spacial score (nSPS) is 11.7. The zero-order valence-corrected chi connectivity index (χ0v) is 19.3. The molecule has 3 rings (SSSR count). The SMILES string of the molecule is CCN(c1ccc(OCC(=O)Nc2cccc(C(F)(F)F)c2)cc1)S(=O)(=O)c1ccc(C)cc1. The Balaban J connectivity index is 1.64. The van der Waals surface area contributed by atoms with E-state index in [9.17, 15) is 26.4 Å². The Morgan fingerprint density at radius 3 is 2.24 bits per heavy atom. The summed E-state index contributed by atoms with van der Waals surface area (Å²) < 4.78 is 71.0. The van der Waals surface area contributed by atoms with Crippen LogP contribution in [0, 0.1) is 6.92 Å². The third-order valence-electron chi connectivity index (χ3n) is 4.86. The van der Waals surface area contributed by atoms with Crippen molar-refractivity contribution in [3.05, 3.63) is 83.9 Å². The molecule has 180 valence electrons. The van der Waals surface area contributed by atoms with Crippen molar-refractivity contribution >= 4 is 27.3 Å². The molecule has 0 spiro atoms. The molecule has 0 radical (unpaired) electrons. The Kier molecular flexibility index (Phi) is 7.51. The van der Waals surface area contributed by atoms with Gasteiger partial charge in [-0.2, -0.15) is 13.2 Å². The first kappa shape index (κ1) is 25.1. The van der Waals surface area contributed by atoms with Gasteiger partial charge in [0, 0.05) is 12.2 Å². The number of aryl methyl sites for hydroxylation is 1. The number of halogens is 3. The molecule has 0 fully saturated rings. The van der Waals surface area contributed by atoms with Gasteiger partial charge in [0.25, 0.3) is 15.9 Å². The first-order valence-electron chi connectivity index (χ1n) is 10.3. The molecular weight excluding hydrogens is 469 g/mol. The summed E-state index contributed by atoms with van der Waals surface area (Å²) >= 11 is 0. The highest BCUT2D eigenvalue weighted by Crippen LogP contribution is 2.30. The molecule has 6 nitrogen and oxygen atoms in total. The number of nitrogens with one attached hydrogen (secondary N) is 1. The average Bonchev–Trinajstić information content (AvgIpc) is 2.79. The second kappa shape index (κ2) is 10.2.